The minimum atomic E-state index is -0.586. The summed E-state index contributed by atoms with van der Waals surface area (Å²) in [4.78, 5) is 11.9. The van der Waals surface area contributed by atoms with Crippen molar-refractivity contribution in [3.05, 3.63) is 0 Å². The normalized spacial score (nSPS) is 14.6. The zero-order valence-corrected chi connectivity index (χ0v) is 12.1. The molecule has 0 aliphatic carbocycles. The van der Waals surface area contributed by atoms with Crippen LogP contribution in [0.5, 0.6) is 0 Å². The molecule has 0 aliphatic rings. The Labute approximate surface area is 107 Å². The summed E-state index contributed by atoms with van der Waals surface area (Å²) in [6, 6.07) is 0. The lowest BCUT2D eigenvalue weighted by Crippen LogP contribution is -2.44. The predicted molar refractivity (Wildman–Crippen MR) is 75.1 cm³/mol. The van der Waals surface area contributed by atoms with Crippen LogP contribution in [0.15, 0.2) is 0 Å². The van der Waals surface area contributed by atoms with Crippen LogP contribution in [0.4, 0.5) is 0 Å². The fraction of sp³-hybridized carbons (Fsp3) is 0.933. The molecule has 2 heteroatoms. The number of unbranched alkanes of at least 4 members (excludes halogenated alkanes) is 6. The summed E-state index contributed by atoms with van der Waals surface area (Å²) < 4.78 is 0. The molecule has 17 heavy (non-hydrogen) atoms. The zero-order valence-electron chi connectivity index (χ0n) is 12.1. The Morgan fingerprint density at radius 1 is 0.941 bits per heavy atom. The second kappa shape index (κ2) is 9.64. The Morgan fingerprint density at radius 2 is 1.47 bits per heavy atom. The topological polar surface area (TPSA) is 43.1 Å². The molecular formula is C15H31NO. The highest BCUT2D eigenvalue weighted by atomic mass is 16.1. The molecule has 0 spiro atoms. The van der Waals surface area contributed by atoms with Gasteiger partial charge in [-0.15, -0.1) is 0 Å². The number of rotatable bonds is 11. The number of Topliss-reactive ketones (excluding diaryl/α,β-unsaturated/α-hetero) is 1. The highest BCUT2D eigenvalue weighted by Gasteiger charge is 2.25. The molecule has 2 nitrogen and oxygen atoms in total. The molecule has 0 fully saturated rings. The van der Waals surface area contributed by atoms with Crippen molar-refractivity contribution < 1.29 is 4.79 Å². The van der Waals surface area contributed by atoms with E-state index in [0.29, 0.717) is 6.42 Å². The molecule has 0 saturated carbocycles. The standard InChI is InChI=1S/C15H31NO/c1-4-6-7-8-9-10-11-12-14(17)15(3,16)13-5-2/h4-13,16H2,1-3H3. The highest BCUT2D eigenvalue weighted by Crippen LogP contribution is 2.15. The van der Waals surface area contributed by atoms with Gasteiger partial charge in [-0.05, 0) is 19.8 Å². The first-order chi connectivity index (χ1) is 8.04. The molecule has 1 unspecified atom stereocenters. The largest absolute Gasteiger partial charge is 0.319 e. The van der Waals surface area contributed by atoms with Crippen LogP contribution < -0.4 is 5.73 Å². The van der Waals surface area contributed by atoms with Crippen LogP contribution in [0, 0.1) is 0 Å². The number of ketones is 1. The Kier molecular flexibility index (Phi) is 9.43. The highest BCUT2D eigenvalue weighted by molar-refractivity contribution is 5.87. The summed E-state index contributed by atoms with van der Waals surface area (Å²) in [5.41, 5.74) is 5.42. The molecular weight excluding hydrogens is 210 g/mol. The van der Waals surface area contributed by atoms with E-state index in [1.807, 2.05) is 6.92 Å². The van der Waals surface area contributed by atoms with E-state index in [1.54, 1.807) is 0 Å². The van der Waals surface area contributed by atoms with Gasteiger partial charge in [-0.25, -0.2) is 0 Å². The van der Waals surface area contributed by atoms with E-state index in [-0.39, 0.29) is 5.78 Å². The van der Waals surface area contributed by atoms with E-state index in [1.165, 1.54) is 38.5 Å². The first kappa shape index (κ1) is 16.6. The summed E-state index contributed by atoms with van der Waals surface area (Å²) in [5, 5.41) is 0. The predicted octanol–water partition coefficient (Wildman–Crippen LogP) is 4.21. The molecule has 0 aromatic rings. The van der Waals surface area contributed by atoms with Gasteiger partial charge >= 0.3 is 0 Å². The molecule has 0 aromatic carbocycles. The van der Waals surface area contributed by atoms with Gasteiger partial charge in [-0.2, -0.15) is 0 Å². The Bertz CT molecular complexity index is 199. The minimum absolute atomic E-state index is 0.243. The fourth-order valence-corrected chi connectivity index (χ4v) is 2.19. The smallest absolute Gasteiger partial charge is 0.152 e. The van der Waals surface area contributed by atoms with Crippen molar-refractivity contribution in [2.45, 2.75) is 90.5 Å². The molecule has 102 valence electrons. The van der Waals surface area contributed by atoms with E-state index in [0.717, 1.165) is 19.3 Å². The van der Waals surface area contributed by atoms with Gasteiger partial charge in [-0.3, -0.25) is 4.79 Å². The molecule has 1 atom stereocenters. The number of carbonyl (C=O) groups excluding carboxylic acids is 1. The lowest BCUT2D eigenvalue weighted by atomic mass is 9.89. The van der Waals surface area contributed by atoms with Gasteiger partial charge in [0.25, 0.3) is 0 Å². The van der Waals surface area contributed by atoms with Crippen molar-refractivity contribution in [3.63, 3.8) is 0 Å². The van der Waals surface area contributed by atoms with E-state index in [4.69, 9.17) is 5.73 Å². The minimum Gasteiger partial charge on any atom is -0.319 e. The monoisotopic (exact) mass is 241 g/mol. The first-order valence-corrected chi connectivity index (χ1v) is 7.36. The Morgan fingerprint density at radius 3 is 2.00 bits per heavy atom. The van der Waals surface area contributed by atoms with Crippen LogP contribution in [0.3, 0.4) is 0 Å². The Hall–Kier alpha value is -0.370. The molecule has 0 saturated heterocycles. The number of hydrogen-bond acceptors (Lipinski definition) is 2. The Balaban J connectivity index is 3.51. The SMILES string of the molecule is CCCCCCCCCC(=O)C(C)(N)CCC. The van der Waals surface area contributed by atoms with Crippen molar-refractivity contribution in [1.29, 1.82) is 0 Å². The molecule has 0 aromatic heterocycles. The number of nitrogens with two attached hydrogens (primary N) is 1. The van der Waals surface area contributed by atoms with Crippen molar-refractivity contribution in [2.24, 2.45) is 5.73 Å². The van der Waals surface area contributed by atoms with Gasteiger partial charge in [0.15, 0.2) is 5.78 Å². The van der Waals surface area contributed by atoms with Gasteiger partial charge < -0.3 is 5.73 Å². The molecule has 0 radical (unpaired) electrons. The third-order valence-electron chi connectivity index (χ3n) is 3.41. The van der Waals surface area contributed by atoms with Gasteiger partial charge in [0.2, 0.25) is 0 Å². The molecule has 0 rings (SSSR count). The summed E-state index contributed by atoms with van der Waals surface area (Å²) >= 11 is 0. The van der Waals surface area contributed by atoms with Crippen LogP contribution in [0.2, 0.25) is 0 Å². The van der Waals surface area contributed by atoms with Crippen LogP contribution in [-0.4, -0.2) is 11.3 Å². The summed E-state index contributed by atoms with van der Waals surface area (Å²) in [6.45, 7) is 6.18. The van der Waals surface area contributed by atoms with Gasteiger partial charge in [-0.1, -0.05) is 58.8 Å². The molecule has 0 aliphatic heterocycles. The van der Waals surface area contributed by atoms with E-state index in [9.17, 15) is 4.79 Å². The van der Waals surface area contributed by atoms with Crippen molar-refractivity contribution in [3.8, 4) is 0 Å². The lowest BCUT2D eigenvalue weighted by Gasteiger charge is -2.22. The maximum Gasteiger partial charge on any atom is 0.152 e. The van der Waals surface area contributed by atoms with Crippen molar-refractivity contribution >= 4 is 5.78 Å². The van der Waals surface area contributed by atoms with E-state index >= 15 is 0 Å². The number of carbonyl (C=O) groups is 1. The second-order valence-corrected chi connectivity index (χ2v) is 5.46. The van der Waals surface area contributed by atoms with Gasteiger partial charge in [0.1, 0.15) is 0 Å². The van der Waals surface area contributed by atoms with Gasteiger partial charge in [0, 0.05) is 6.42 Å². The average molecular weight is 241 g/mol. The van der Waals surface area contributed by atoms with E-state index < -0.39 is 5.54 Å². The van der Waals surface area contributed by atoms with Crippen LogP contribution in [0.1, 0.15) is 85.0 Å². The fourth-order valence-electron chi connectivity index (χ4n) is 2.19. The quantitative estimate of drug-likeness (QED) is 0.550. The lowest BCUT2D eigenvalue weighted by molar-refractivity contribution is -0.124. The maximum atomic E-state index is 11.9. The molecule has 0 heterocycles. The third-order valence-corrected chi connectivity index (χ3v) is 3.41. The maximum absolute atomic E-state index is 11.9. The second-order valence-electron chi connectivity index (χ2n) is 5.46. The average Bonchev–Trinajstić information content (AvgIpc) is 2.27. The summed E-state index contributed by atoms with van der Waals surface area (Å²) in [6.07, 6.45) is 11.2. The molecule has 0 bridgehead atoms. The summed E-state index contributed by atoms with van der Waals surface area (Å²) in [7, 11) is 0. The first-order valence-electron chi connectivity index (χ1n) is 7.36. The van der Waals surface area contributed by atoms with Gasteiger partial charge in [0.05, 0.1) is 5.54 Å². The molecule has 0 amide bonds. The van der Waals surface area contributed by atoms with Crippen LogP contribution in [-0.2, 0) is 4.79 Å². The van der Waals surface area contributed by atoms with Crippen molar-refractivity contribution in [2.75, 3.05) is 0 Å². The van der Waals surface area contributed by atoms with Crippen LogP contribution in [0.25, 0.3) is 0 Å². The molecule has 2 N–H and O–H groups in total. The van der Waals surface area contributed by atoms with Crippen molar-refractivity contribution in [1.82, 2.24) is 0 Å². The summed E-state index contributed by atoms with van der Waals surface area (Å²) in [5.74, 6) is 0.243. The third kappa shape index (κ3) is 8.37. The van der Waals surface area contributed by atoms with Crippen LogP contribution >= 0.6 is 0 Å². The van der Waals surface area contributed by atoms with E-state index in [2.05, 4.69) is 13.8 Å². The number of hydrogen-bond donors (Lipinski definition) is 1. The zero-order chi connectivity index (χ0) is 13.1.